The summed E-state index contributed by atoms with van der Waals surface area (Å²) in [5.74, 6) is -0.274. The molecule has 2 aliphatic heterocycles. The Labute approximate surface area is 178 Å². The van der Waals surface area contributed by atoms with Gasteiger partial charge in [-0.05, 0) is 59.8 Å². The topological polar surface area (TPSA) is 18.5 Å². The minimum Gasteiger partial charge on any atom is -0.383 e. The Kier molecular flexibility index (Phi) is 5.87. The van der Waals surface area contributed by atoms with Crippen molar-refractivity contribution in [1.82, 2.24) is 9.80 Å². The van der Waals surface area contributed by atoms with Gasteiger partial charge >= 0.3 is 0 Å². The van der Waals surface area contributed by atoms with Crippen molar-refractivity contribution in [3.63, 3.8) is 0 Å². The molecular formula is C24H31ClFN3. The predicted molar refractivity (Wildman–Crippen MR) is 120 cm³/mol. The highest BCUT2D eigenvalue weighted by Crippen LogP contribution is 2.32. The summed E-state index contributed by atoms with van der Waals surface area (Å²) in [4.78, 5) is 5.19. The first-order chi connectivity index (χ1) is 13.8. The van der Waals surface area contributed by atoms with Crippen molar-refractivity contribution in [2.45, 2.75) is 39.8 Å². The van der Waals surface area contributed by atoms with E-state index in [9.17, 15) is 4.39 Å². The highest BCUT2D eigenvalue weighted by Gasteiger charge is 2.30. The lowest BCUT2D eigenvalue weighted by Crippen LogP contribution is -2.54. The smallest absolute Gasteiger partial charge is 0.132 e. The van der Waals surface area contributed by atoms with E-state index in [1.807, 2.05) is 6.07 Å². The summed E-state index contributed by atoms with van der Waals surface area (Å²) < 4.78 is 14.4. The fourth-order valence-electron chi connectivity index (χ4n) is 4.29. The van der Waals surface area contributed by atoms with Crippen LogP contribution in [0.5, 0.6) is 0 Å². The summed E-state index contributed by atoms with van der Waals surface area (Å²) in [5.41, 5.74) is 4.29. The Morgan fingerprint density at radius 2 is 1.97 bits per heavy atom. The number of anilines is 1. The van der Waals surface area contributed by atoms with Gasteiger partial charge in [-0.15, -0.1) is 0 Å². The summed E-state index contributed by atoms with van der Waals surface area (Å²) in [6.45, 7) is 13.3. The second-order valence-corrected chi connectivity index (χ2v) is 10.0. The van der Waals surface area contributed by atoms with Gasteiger partial charge in [0.15, 0.2) is 0 Å². The van der Waals surface area contributed by atoms with Gasteiger partial charge in [0, 0.05) is 55.0 Å². The molecule has 2 aliphatic rings. The number of hydrogen-bond acceptors (Lipinski definition) is 3. The molecule has 1 N–H and O–H groups in total. The van der Waals surface area contributed by atoms with Crippen LogP contribution in [0.3, 0.4) is 0 Å². The fraction of sp³-hybridized carbons (Fsp3) is 0.500. The van der Waals surface area contributed by atoms with E-state index in [1.165, 1.54) is 30.3 Å². The first-order valence-electron chi connectivity index (χ1n) is 10.6. The highest BCUT2D eigenvalue weighted by atomic mass is 35.5. The minimum absolute atomic E-state index is 0.274. The maximum Gasteiger partial charge on any atom is 0.132 e. The molecule has 1 fully saturated rings. The van der Waals surface area contributed by atoms with Crippen LogP contribution in [0.2, 0.25) is 5.02 Å². The van der Waals surface area contributed by atoms with Crippen molar-refractivity contribution in [2.24, 2.45) is 5.41 Å². The molecule has 0 aliphatic carbocycles. The van der Waals surface area contributed by atoms with E-state index in [2.05, 4.69) is 48.0 Å². The average molecular weight is 416 g/mol. The number of halogens is 2. The molecular weight excluding hydrogens is 385 g/mol. The monoisotopic (exact) mass is 415 g/mol. The van der Waals surface area contributed by atoms with Crippen LogP contribution in [0.1, 0.15) is 32.8 Å². The normalized spacial score (nSPS) is 20.5. The molecule has 2 aromatic rings. The Balaban J connectivity index is 1.49. The third kappa shape index (κ3) is 4.93. The number of hydrogen-bond donors (Lipinski definition) is 1. The molecule has 2 heterocycles. The second kappa shape index (κ2) is 8.25. The highest BCUT2D eigenvalue weighted by molar-refractivity contribution is 6.30. The summed E-state index contributed by atoms with van der Waals surface area (Å²) in [5, 5.41) is 4.06. The molecule has 0 amide bonds. The Morgan fingerprint density at radius 1 is 1.14 bits per heavy atom. The van der Waals surface area contributed by atoms with Gasteiger partial charge in [0.25, 0.3) is 0 Å². The van der Waals surface area contributed by atoms with Crippen LogP contribution in [0.4, 0.5) is 10.1 Å². The SMILES string of the molecule is CC(C)(C)CCN1CCN2Cc3cc(-c4ccc(Cl)cc4F)ccc3NCC2C1. The summed E-state index contributed by atoms with van der Waals surface area (Å²) in [7, 11) is 0. The summed E-state index contributed by atoms with van der Waals surface area (Å²) >= 11 is 5.92. The molecule has 0 bridgehead atoms. The zero-order chi connectivity index (χ0) is 20.6. The minimum atomic E-state index is -0.274. The van der Waals surface area contributed by atoms with Gasteiger partial charge in [0.2, 0.25) is 0 Å². The number of nitrogens with one attached hydrogen (secondary N) is 1. The van der Waals surface area contributed by atoms with Crippen molar-refractivity contribution in [3.8, 4) is 11.1 Å². The Morgan fingerprint density at radius 3 is 2.72 bits per heavy atom. The molecule has 1 atom stereocenters. The predicted octanol–water partition coefficient (Wildman–Crippen LogP) is 5.49. The first kappa shape index (κ1) is 20.6. The zero-order valence-corrected chi connectivity index (χ0v) is 18.4. The van der Waals surface area contributed by atoms with Crippen LogP contribution in [0, 0.1) is 11.2 Å². The van der Waals surface area contributed by atoms with Crippen molar-refractivity contribution in [3.05, 3.63) is 52.8 Å². The largest absolute Gasteiger partial charge is 0.383 e. The zero-order valence-electron chi connectivity index (χ0n) is 17.6. The van der Waals surface area contributed by atoms with Crippen molar-refractivity contribution in [1.29, 1.82) is 0 Å². The second-order valence-electron chi connectivity index (χ2n) is 9.61. The van der Waals surface area contributed by atoms with Gasteiger partial charge in [0.05, 0.1) is 0 Å². The molecule has 1 unspecified atom stereocenters. The standard InChI is InChI=1S/C24H31ClFN3/c1-24(2,3)8-9-28-10-11-29-15-18-12-17(21-6-5-19(25)13-22(21)26)4-7-23(18)27-14-20(29)16-28/h4-7,12-13,20,27H,8-11,14-16H2,1-3H3. The van der Waals surface area contributed by atoms with Gasteiger partial charge in [0.1, 0.15) is 5.82 Å². The van der Waals surface area contributed by atoms with Gasteiger partial charge < -0.3 is 10.2 Å². The van der Waals surface area contributed by atoms with Crippen LogP contribution in [-0.2, 0) is 6.54 Å². The molecule has 3 nitrogen and oxygen atoms in total. The lowest BCUT2D eigenvalue weighted by Gasteiger charge is -2.41. The molecule has 0 radical (unpaired) electrons. The van der Waals surface area contributed by atoms with Crippen molar-refractivity contribution < 1.29 is 4.39 Å². The van der Waals surface area contributed by atoms with E-state index in [-0.39, 0.29) is 5.82 Å². The third-order valence-corrected chi connectivity index (χ3v) is 6.35. The maximum atomic E-state index is 14.4. The van der Waals surface area contributed by atoms with Gasteiger partial charge in [-0.2, -0.15) is 0 Å². The number of rotatable bonds is 3. The molecule has 1 saturated heterocycles. The van der Waals surface area contributed by atoms with E-state index in [0.29, 0.717) is 22.0 Å². The van der Waals surface area contributed by atoms with Gasteiger partial charge in [-0.1, -0.05) is 38.4 Å². The van der Waals surface area contributed by atoms with Gasteiger partial charge in [-0.25, -0.2) is 4.39 Å². The number of benzene rings is 2. The van der Waals surface area contributed by atoms with Crippen LogP contribution in [0.25, 0.3) is 11.1 Å². The van der Waals surface area contributed by atoms with Crippen molar-refractivity contribution >= 4 is 17.3 Å². The third-order valence-electron chi connectivity index (χ3n) is 6.12. The molecule has 0 aromatic heterocycles. The van der Waals surface area contributed by atoms with E-state index in [1.54, 1.807) is 12.1 Å². The lowest BCUT2D eigenvalue weighted by atomic mass is 9.92. The van der Waals surface area contributed by atoms with E-state index in [4.69, 9.17) is 11.6 Å². The summed E-state index contributed by atoms with van der Waals surface area (Å²) in [6, 6.07) is 11.6. The quantitative estimate of drug-likeness (QED) is 0.714. The number of piperazine rings is 1. The first-order valence-corrected chi connectivity index (χ1v) is 10.9. The van der Waals surface area contributed by atoms with Gasteiger partial charge in [-0.3, -0.25) is 4.90 Å². The number of fused-ring (bicyclic) bond motifs is 2. The van der Waals surface area contributed by atoms with Crippen LogP contribution >= 0.6 is 11.6 Å². The molecule has 29 heavy (non-hydrogen) atoms. The Bertz CT molecular complexity index is 877. The maximum absolute atomic E-state index is 14.4. The average Bonchev–Trinajstić information content (AvgIpc) is 2.84. The molecule has 4 rings (SSSR count). The molecule has 0 spiro atoms. The Hall–Kier alpha value is -1.62. The van der Waals surface area contributed by atoms with Crippen LogP contribution < -0.4 is 5.32 Å². The lowest BCUT2D eigenvalue weighted by molar-refractivity contribution is 0.0702. The van der Waals surface area contributed by atoms with E-state index in [0.717, 1.165) is 38.3 Å². The summed E-state index contributed by atoms with van der Waals surface area (Å²) in [6.07, 6.45) is 1.23. The van der Waals surface area contributed by atoms with Crippen LogP contribution in [-0.4, -0.2) is 48.6 Å². The molecule has 156 valence electrons. The fourth-order valence-corrected chi connectivity index (χ4v) is 4.45. The number of nitrogens with zero attached hydrogens (tertiary/aromatic N) is 2. The van der Waals surface area contributed by atoms with E-state index >= 15 is 0 Å². The van der Waals surface area contributed by atoms with Crippen LogP contribution in [0.15, 0.2) is 36.4 Å². The van der Waals surface area contributed by atoms with E-state index < -0.39 is 0 Å². The van der Waals surface area contributed by atoms with Crippen molar-refractivity contribution in [2.75, 3.05) is 38.0 Å². The molecule has 2 aromatic carbocycles. The molecule has 0 saturated carbocycles. The molecule has 5 heteroatoms.